The van der Waals surface area contributed by atoms with Crippen molar-refractivity contribution in [2.24, 2.45) is 22.6 Å². The van der Waals surface area contributed by atoms with E-state index in [1.54, 1.807) is 6.20 Å². The molecule has 4 unspecified atom stereocenters. The zero-order chi connectivity index (χ0) is 27.3. The summed E-state index contributed by atoms with van der Waals surface area (Å²) in [4.78, 5) is 25.3. The predicted octanol–water partition coefficient (Wildman–Crippen LogP) is 1.70. The van der Waals surface area contributed by atoms with Gasteiger partial charge in [-0.25, -0.2) is 9.98 Å². The summed E-state index contributed by atoms with van der Waals surface area (Å²) >= 11 is 0. The molecule has 210 valence electrons. The van der Waals surface area contributed by atoms with Crippen LogP contribution in [0.4, 0.5) is 5.95 Å². The molecule has 1 aliphatic carbocycles. The number of aromatic nitrogens is 2. The molecule has 0 radical (unpaired) electrons. The number of hydrogen-bond acceptors (Lipinski definition) is 9. The first-order chi connectivity index (χ1) is 17.3. The normalized spacial score (nSPS) is 26.2. The molecule has 1 amide bonds. The van der Waals surface area contributed by atoms with Crippen molar-refractivity contribution in [1.29, 1.82) is 0 Å². The van der Waals surface area contributed by atoms with Gasteiger partial charge in [0.05, 0.1) is 19.7 Å². The van der Waals surface area contributed by atoms with Crippen LogP contribution in [0.15, 0.2) is 11.2 Å². The van der Waals surface area contributed by atoms with E-state index < -0.39 is 21.7 Å². The number of nitrogen functional groups attached to an aromatic ring is 1. The summed E-state index contributed by atoms with van der Waals surface area (Å²) in [6, 6.07) is 2.25. The number of amides is 1. The minimum absolute atomic E-state index is 0.0651. The van der Waals surface area contributed by atoms with Crippen molar-refractivity contribution in [2.75, 3.05) is 45.5 Å². The maximum absolute atomic E-state index is 13.3. The zero-order valence-electron chi connectivity index (χ0n) is 23.4. The molecule has 1 aliphatic heterocycles. The number of aromatic amines is 1. The smallest absolute Gasteiger partial charge is 0.255 e. The monoisotopic (exact) mass is 552 g/mol. The maximum atomic E-state index is 13.3. The van der Waals surface area contributed by atoms with Crippen LogP contribution in [-0.2, 0) is 14.3 Å². The number of nitrogens with zero attached hydrogens (tertiary/aromatic N) is 2. The number of nitrogens with one attached hydrogen (secondary N) is 4. The van der Waals surface area contributed by atoms with Crippen LogP contribution in [0.2, 0.25) is 51.4 Å². The highest BCUT2D eigenvalue weighted by Gasteiger charge is 2.61. The van der Waals surface area contributed by atoms with Crippen molar-refractivity contribution in [3.05, 3.63) is 11.9 Å². The molecule has 1 spiro atoms. The lowest BCUT2D eigenvalue weighted by Gasteiger charge is -2.29. The fourth-order valence-electron chi connectivity index (χ4n) is 5.19. The Morgan fingerprint density at radius 1 is 1.03 bits per heavy atom. The van der Waals surface area contributed by atoms with E-state index >= 15 is 0 Å². The molecule has 8 N–H and O–H groups in total. The van der Waals surface area contributed by atoms with Gasteiger partial charge >= 0.3 is 0 Å². The van der Waals surface area contributed by atoms with Gasteiger partial charge < -0.3 is 25.9 Å². The fraction of sp³-hybridized carbons (Fsp3) is 0.792. The Labute approximate surface area is 223 Å². The molecule has 37 heavy (non-hydrogen) atoms. The van der Waals surface area contributed by atoms with Gasteiger partial charge in [0.15, 0.2) is 17.4 Å². The number of guanidine groups is 1. The minimum atomic E-state index is -1.14. The molecule has 11 nitrogen and oxygen atoms in total. The number of imidazole rings is 1. The number of rotatable bonds is 15. The van der Waals surface area contributed by atoms with Crippen molar-refractivity contribution in [3.63, 3.8) is 0 Å². The SMILES string of the molecule is C[Si](C)(C)CCOCNCC1CC2(N=C(N)NC2=O)C(c2cnc(N)[nH]2)C1CNCOCC[Si](C)(C)C. The Hall–Kier alpha value is -1.78. The van der Waals surface area contributed by atoms with Crippen molar-refractivity contribution in [1.82, 2.24) is 25.9 Å². The molecular formula is C24H48N8O3Si2. The lowest BCUT2D eigenvalue weighted by Crippen LogP contribution is -2.44. The molecule has 0 aromatic carbocycles. The van der Waals surface area contributed by atoms with Gasteiger partial charge in [0.25, 0.3) is 5.91 Å². The van der Waals surface area contributed by atoms with Crippen LogP contribution in [0.1, 0.15) is 18.0 Å². The highest BCUT2D eigenvalue weighted by Crippen LogP contribution is 2.53. The van der Waals surface area contributed by atoms with Gasteiger partial charge in [0, 0.05) is 54.1 Å². The first-order valence-corrected chi connectivity index (χ1v) is 20.8. The number of hydrogen-bond donors (Lipinski definition) is 6. The third-order valence-corrected chi connectivity index (χ3v) is 10.6. The van der Waals surface area contributed by atoms with Crippen molar-refractivity contribution >= 4 is 34.0 Å². The van der Waals surface area contributed by atoms with Gasteiger partial charge in [-0.1, -0.05) is 39.3 Å². The van der Waals surface area contributed by atoms with E-state index in [4.69, 9.17) is 20.9 Å². The molecule has 1 fully saturated rings. The Balaban J connectivity index is 1.70. The molecule has 1 aromatic rings. The fourth-order valence-corrected chi connectivity index (χ4v) is 6.71. The lowest BCUT2D eigenvalue weighted by atomic mass is 9.80. The van der Waals surface area contributed by atoms with E-state index in [2.05, 4.69) is 70.2 Å². The second-order valence-electron chi connectivity index (χ2n) is 12.8. The predicted molar refractivity (Wildman–Crippen MR) is 154 cm³/mol. The van der Waals surface area contributed by atoms with Crippen LogP contribution < -0.4 is 27.4 Å². The molecule has 2 heterocycles. The van der Waals surface area contributed by atoms with E-state index in [1.807, 2.05) is 0 Å². The molecular weight excluding hydrogens is 504 g/mol. The first-order valence-electron chi connectivity index (χ1n) is 13.3. The summed E-state index contributed by atoms with van der Waals surface area (Å²) in [5, 5.41) is 9.66. The van der Waals surface area contributed by atoms with Crippen LogP contribution in [0, 0.1) is 11.8 Å². The van der Waals surface area contributed by atoms with Crippen molar-refractivity contribution in [2.45, 2.75) is 69.2 Å². The third kappa shape index (κ3) is 8.35. The quantitative estimate of drug-likeness (QED) is 0.109. The number of carbonyl (C=O) groups excluding carboxylic acids is 1. The molecule has 3 rings (SSSR count). The van der Waals surface area contributed by atoms with Gasteiger partial charge in [0.1, 0.15) is 0 Å². The largest absolute Gasteiger partial charge is 0.370 e. The zero-order valence-corrected chi connectivity index (χ0v) is 25.4. The molecule has 13 heteroatoms. The van der Waals surface area contributed by atoms with Gasteiger partial charge in [-0.05, 0) is 30.3 Å². The molecule has 4 atom stereocenters. The number of anilines is 1. The minimum Gasteiger partial charge on any atom is -0.370 e. The number of aliphatic imine (C=N–C) groups is 1. The summed E-state index contributed by atoms with van der Waals surface area (Å²) < 4.78 is 11.7. The maximum Gasteiger partial charge on any atom is 0.255 e. The lowest BCUT2D eigenvalue weighted by molar-refractivity contribution is -0.124. The highest BCUT2D eigenvalue weighted by molar-refractivity contribution is 6.76. The third-order valence-electron chi connectivity index (χ3n) is 7.21. The number of ether oxygens (including phenoxy) is 2. The van der Waals surface area contributed by atoms with Crippen LogP contribution in [-0.4, -0.2) is 83.3 Å². The van der Waals surface area contributed by atoms with E-state index in [-0.39, 0.29) is 29.6 Å². The average molecular weight is 553 g/mol. The van der Waals surface area contributed by atoms with Gasteiger partial charge in [-0.15, -0.1) is 0 Å². The summed E-state index contributed by atoms with van der Waals surface area (Å²) in [6.45, 7) is 17.9. The second-order valence-corrected chi connectivity index (χ2v) is 24.1. The van der Waals surface area contributed by atoms with Gasteiger partial charge in [-0.2, -0.15) is 0 Å². The van der Waals surface area contributed by atoms with Crippen LogP contribution >= 0.6 is 0 Å². The van der Waals surface area contributed by atoms with E-state index in [1.165, 1.54) is 0 Å². The topological polar surface area (TPSA) is 165 Å². The molecule has 1 aromatic heterocycles. The number of H-pyrrole nitrogens is 1. The molecule has 1 saturated carbocycles. The van der Waals surface area contributed by atoms with Crippen molar-refractivity contribution in [3.8, 4) is 0 Å². The Kier molecular flexibility index (Phi) is 9.97. The van der Waals surface area contributed by atoms with Crippen LogP contribution in [0.3, 0.4) is 0 Å². The summed E-state index contributed by atoms with van der Waals surface area (Å²) in [6.07, 6.45) is 2.28. The Morgan fingerprint density at radius 3 is 2.11 bits per heavy atom. The number of nitrogens with two attached hydrogens (primary N) is 2. The molecule has 0 saturated heterocycles. The van der Waals surface area contributed by atoms with E-state index in [9.17, 15) is 4.79 Å². The first kappa shape index (κ1) is 29.8. The van der Waals surface area contributed by atoms with Crippen molar-refractivity contribution < 1.29 is 14.3 Å². The van der Waals surface area contributed by atoms with Gasteiger partial charge in [0.2, 0.25) is 0 Å². The average Bonchev–Trinajstić information content (AvgIpc) is 3.41. The number of carbonyl (C=O) groups is 1. The highest BCUT2D eigenvalue weighted by atomic mass is 28.3. The summed E-state index contributed by atoms with van der Waals surface area (Å²) in [5.74, 6) is 0.257. The summed E-state index contributed by atoms with van der Waals surface area (Å²) in [7, 11) is -2.27. The van der Waals surface area contributed by atoms with Crippen LogP contribution in [0.25, 0.3) is 0 Å². The van der Waals surface area contributed by atoms with Crippen LogP contribution in [0.5, 0.6) is 0 Å². The molecule has 0 bridgehead atoms. The van der Waals surface area contributed by atoms with E-state index in [0.717, 1.165) is 31.0 Å². The summed E-state index contributed by atoms with van der Waals surface area (Å²) in [5.41, 5.74) is 11.7. The Bertz CT molecular complexity index is 930. The standard InChI is InChI=1S/C24H48N8O3Si2/c1-36(2,3)9-7-34-15-27-12-17-11-24(21(33)31-23(26)32-24)20(19-14-29-22(25)30-19)18(17)13-28-16-35-8-10-37(4,5)6/h14,17-18,20,27-28H,7-13,15-16H2,1-6H3,(H3,25,29,30)(H3,26,31,32,33). The van der Waals surface area contributed by atoms with E-state index in [0.29, 0.717) is 38.9 Å². The second kappa shape index (κ2) is 12.4. The van der Waals surface area contributed by atoms with Gasteiger partial charge in [-0.3, -0.25) is 20.7 Å². The Morgan fingerprint density at radius 2 is 1.62 bits per heavy atom. The molecule has 2 aliphatic rings.